The van der Waals surface area contributed by atoms with Gasteiger partial charge in [0.15, 0.2) is 0 Å². The van der Waals surface area contributed by atoms with E-state index in [1.54, 1.807) is 31.2 Å². The highest BCUT2D eigenvalue weighted by molar-refractivity contribution is 7.92. The third-order valence-corrected chi connectivity index (χ3v) is 4.14. The van der Waals surface area contributed by atoms with Crippen molar-refractivity contribution in [3.63, 3.8) is 0 Å². The molecule has 0 radical (unpaired) electrons. The molecular weight excluding hydrogens is 319 g/mol. The van der Waals surface area contributed by atoms with Crippen LogP contribution in [0.4, 0.5) is 18.9 Å². The number of sulfonamides is 1. The molecule has 2 aromatic rings. The fourth-order valence-electron chi connectivity index (χ4n) is 1.71. The second kappa shape index (κ2) is 5.88. The van der Waals surface area contributed by atoms with E-state index in [9.17, 15) is 21.6 Å². The maximum atomic E-state index is 12.2. The lowest BCUT2D eigenvalue weighted by Gasteiger charge is -2.12. The average molecular weight is 331 g/mol. The van der Waals surface area contributed by atoms with Gasteiger partial charge < -0.3 is 4.74 Å². The van der Waals surface area contributed by atoms with E-state index in [0.29, 0.717) is 5.69 Å². The molecule has 0 spiro atoms. The van der Waals surface area contributed by atoms with E-state index in [0.717, 1.165) is 29.8 Å². The number of hydrogen-bond donors (Lipinski definition) is 1. The molecule has 0 fully saturated rings. The average Bonchev–Trinajstić information content (AvgIpc) is 2.40. The summed E-state index contributed by atoms with van der Waals surface area (Å²) in [4.78, 5) is -0.162. The maximum absolute atomic E-state index is 12.2. The lowest BCUT2D eigenvalue weighted by atomic mass is 10.2. The van der Waals surface area contributed by atoms with E-state index in [-0.39, 0.29) is 4.90 Å². The predicted octanol–water partition coefficient (Wildman–Crippen LogP) is 3.69. The molecule has 0 saturated heterocycles. The minimum absolute atomic E-state index is 0.162. The SMILES string of the molecule is Cc1ccccc1NS(=O)(=O)c1ccc(OC(F)(F)F)cc1. The number of aryl methyl sites for hydroxylation is 1. The first-order chi connectivity index (χ1) is 10.2. The number of ether oxygens (including phenoxy) is 1. The van der Waals surface area contributed by atoms with Gasteiger partial charge in [0.2, 0.25) is 0 Å². The first-order valence-corrected chi connectivity index (χ1v) is 7.60. The van der Waals surface area contributed by atoms with Crippen LogP contribution < -0.4 is 9.46 Å². The van der Waals surface area contributed by atoms with Gasteiger partial charge in [-0.3, -0.25) is 4.72 Å². The van der Waals surface area contributed by atoms with Crippen molar-refractivity contribution in [1.29, 1.82) is 0 Å². The molecule has 8 heteroatoms. The van der Waals surface area contributed by atoms with Crippen LogP contribution in [0.15, 0.2) is 53.4 Å². The minimum atomic E-state index is -4.82. The lowest BCUT2D eigenvalue weighted by Crippen LogP contribution is -2.17. The molecular formula is C14H12F3NO3S. The molecule has 22 heavy (non-hydrogen) atoms. The lowest BCUT2D eigenvalue weighted by molar-refractivity contribution is -0.274. The van der Waals surface area contributed by atoms with Crippen LogP contribution in [0.1, 0.15) is 5.56 Å². The molecule has 0 amide bonds. The van der Waals surface area contributed by atoms with Crippen LogP contribution in [0.25, 0.3) is 0 Å². The molecule has 0 atom stereocenters. The second-order valence-corrected chi connectivity index (χ2v) is 6.12. The molecule has 2 aromatic carbocycles. The van der Waals surface area contributed by atoms with Crippen LogP contribution in [0, 0.1) is 6.92 Å². The van der Waals surface area contributed by atoms with Crippen LogP contribution in [0.2, 0.25) is 0 Å². The second-order valence-electron chi connectivity index (χ2n) is 4.44. The normalized spacial score (nSPS) is 12.0. The summed E-state index contributed by atoms with van der Waals surface area (Å²) in [5, 5.41) is 0. The zero-order valence-corrected chi connectivity index (χ0v) is 12.2. The van der Waals surface area contributed by atoms with Gasteiger partial charge in [0, 0.05) is 0 Å². The largest absolute Gasteiger partial charge is 0.573 e. The quantitative estimate of drug-likeness (QED) is 0.929. The molecule has 0 aliphatic heterocycles. The number of anilines is 1. The third kappa shape index (κ3) is 4.14. The number of rotatable bonds is 4. The van der Waals surface area contributed by atoms with E-state index in [2.05, 4.69) is 9.46 Å². The Bertz CT molecular complexity index is 756. The van der Waals surface area contributed by atoms with Crippen molar-refractivity contribution in [2.75, 3.05) is 4.72 Å². The number of hydrogen-bond acceptors (Lipinski definition) is 3. The molecule has 0 saturated carbocycles. The Labute approximate surface area is 125 Å². The molecule has 0 bridgehead atoms. The highest BCUT2D eigenvalue weighted by atomic mass is 32.2. The number of nitrogens with one attached hydrogen (secondary N) is 1. The predicted molar refractivity (Wildman–Crippen MR) is 75.1 cm³/mol. The zero-order chi connectivity index (χ0) is 16.4. The van der Waals surface area contributed by atoms with Gasteiger partial charge in [-0.15, -0.1) is 13.2 Å². The van der Waals surface area contributed by atoms with Gasteiger partial charge in [-0.25, -0.2) is 8.42 Å². The summed E-state index contributed by atoms with van der Waals surface area (Å²) in [6.45, 7) is 1.73. The molecule has 1 N–H and O–H groups in total. The summed E-state index contributed by atoms with van der Waals surface area (Å²) in [6, 6.07) is 10.7. The molecule has 0 aliphatic carbocycles. The zero-order valence-electron chi connectivity index (χ0n) is 11.4. The molecule has 0 heterocycles. The number of halogens is 3. The van der Waals surface area contributed by atoms with Crippen molar-refractivity contribution in [2.45, 2.75) is 18.2 Å². The highest BCUT2D eigenvalue weighted by Crippen LogP contribution is 2.25. The van der Waals surface area contributed by atoms with Crippen LogP contribution >= 0.6 is 0 Å². The van der Waals surface area contributed by atoms with Gasteiger partial charge in [0.25, 0.3) is 10.0 Å². The Balaban J connectivity index is 2.22. The van der Waals surface area contributed by atoms with Gasteiger partial charge in [-0.1, -0.05) is 18.2 Å². The Hall–Kier alpha value is -2.22. The van der Waals surface area contributed by atoms with Crippen LogP contribution in [-0.4, -0.2) is 14.8 Å². The summed E-state index contributed by atoms with van der Waals surface area (Å²) in [6.07, 6.45) is -4.82. The van der Waals surface area contributed by atoms with E-state index < -0.39 is 22.1 Å². The fraction of sp³-hybridized carbons (Fsp3) is 0.143. The summed E-state index contributed by atoms with van der Waals surface area (Å²) in [5.74, 6) is -0.484. The fourth-order valence-corrected chi connectivity index (χ4v) is 2.84. The molecule has 4 nitrogen and oxygen atoms in total. The van der Waals surface area contributed by atoms with E-state index in [1.807, 2.05) is 0 Å². The number of benzene rings is 2. The standard InChI is InChI=1S/C14H12F3NO3S/c1-10-4-2-3-5-13(10)18-22(19,20)12-8-6-11(7-9-12)21-14(15,16)17/h2-9,18H,1H3. The smallest absolute Gasteiger partial charge is 0.406 e. The van der Waals surface area contributed by atoms with Crippen LogP contribution in [0.5, 0.6) is 5.75 Å². The molecule has 0 unspecified atom stereocenters. The molecule has 118 valence electrons. The number of para-hydroxylation sites is 1. The van der Waals surface area contributed by atoms with Gasteiger partial charge in [0.05, 0.1) is 10.6 Å². The first-order valence-electron chi connectivity index (χ1n) is 6.12. The van der Waals surface area contributed by atoms with Crippen molar-refractivity contribution in [3.05, 3.63) is 54.1 Å². The van der Waals surface area contributed by atoms with Crippen molar-refractivity contribution in [3.8, 4) is 5.75 Å². The van der Waals surface area contributed by atoms with Gasteiger partial charge in [-0.05, 0) is 42.8 Å². The van der Waals surface area contributed by atoms with E-state index in [4.69, 9.17) is 0 Å². The van der Waals surface area contributed by atoms with Gasteiger partial charge in [0.1, 0.15) is 5.75 Å². The summed E-state index contributed by atoms with van der Waals surface area (Å²) < 4.78 is 66.6. The summed E-state index contributed by atoms with van der Waals surface area (Å²) >= 11 is 0. The van der Waals surface area contributed by atoms with Crippen LogP contribution in [-0.2, 0) is 10.0 Å². The topological polar surface area (TPSA) is 55.4 Å². The first kappa shape index (κ1) is 16.2. The third-order valence-electron chi connectivity index (χ3n) is 2.76. The van der Waals surface area contributed by atoms with Crippen molar-refractivity contribution in [1.82, 2.24) is 0 Å². The summed E-state index contributed by atoms with van der Waals surface area (Å²) in [7, 11) is -3.88. The Kier molecular flexibility index (Phi) is 4.32. The summed E-state index contributed by atoms with van der Waals surface area (Å²) in [5.41, 5.74) is 1.13. The minimum Gasteiger partial charge on any atom is -0.406 e. The van der Waals surface area contributed by atoms with Crippen LogP contribution in [0.3, 0.4) is 0 Å². The monoisotopic (exact) mass is 331 g/mol. The van der Waals surface area contributed by atoms with E-state index in [1.165, 1.54) is 0 Å². The molecule has 2 rings (SSSR count). The maximum Gasteiger partial charge on any atom is 0.573 e. The van der Waals surface area contributed by atoms with E-state index >= 15 is 0 Å². The molecule has 0 aromatic heterocycles. The van der Waals surface area contributed by atoms with Crippen molar-refractivity contribution in [2.24, 2.45) is 0 Å². The Morgan fingerprint density at radius 3 is 2.14 bits per heavy atom. The van der Waals surface area contributed by atoms with Gasteiger partial charge in [-0.2, -0.15) is 0 Å². The molecule has 0 aliphatic rings. The number of alkyl halides is 3. The Morgan fingerprint density at radius 1 is 1.00 bits per heavy atom. The van der Waals surface area contributed by atoms with Gasteiger partial charge >= 0.3 is 6.36 Å². The van der Waals surface area contributed by atoms with Crippen molar-refractivity contribution >= 4 is 15.7 Å². The Morgan fingerprint density at radius 2 is 1.59 bits per heavy atom. The highest BCUT2D eigenvalue weighted by Gasteiger charge is 2.31. The van der Waals surface area contributed by atoms with Crippen molar-refractivity contribution < 1.29 is 26.3 Å².